The normalized spacial score (nSPS) is 15.5. The van der Waals surface area contributed by atoms with Gasteiger partial charge in [0.05, 0.1) is 28.5 Å². The van der Waals surface area contributed by atoms with Gasteiger partial charge in [0.1, 0.15) is 17.0 Å². The maximum Gasteiger partial charge on any atom is 0.225 e. The third kappa shape index (κ3) is 4.55. The number of hydrogen-bond acceptors (Lipinski definition) is 8. The molecule has 0 saturated carbocycles. The molecule has 0 fully saturated rings. The van der Waals surface area contributed by atoms with Gasteiger partial charge in [-0.15, -0.1) is 11.3 Å². The van der Waals surface area contributed by atoms with Crippen molar-refractivity contribution in [2.24, 2.45) is 5.92 Å². The van der Waals surface area contributed by atoms with Crippen LogP contribution in [-0.2, 0) is 17.6 Å². The summed E-state index contributed by atoms with van der Waals surface area (Å²) < 4.78 is 1.87. The highest BCUT2D eigenvalue weighted by molar-refractivity contribution is 7.19. The molecular formula is C25H32N8OS. The van der Waals surface area contributed by atoms with E-state index in [4.69, 9.17) is 0 Å². The molecule has 184 valence electrons. The van der Waals surface area contributed by atoms with Crippen molar-refractivity contribution in [2.45, 2.75) is 19.3 Å². The number of nitrogens with one attached hydrogen (secondary N) is 1. The van der Waals surface area contributed by atoms with E-state index in [1.165, 1.54) is 10.4 Å². The van der Waals surface area contributed by atoms with Crippen LogP contribution in [0.25, 0.3) is 15.7 Å². The number of hydrogen-bond donors (Lipinski definition) is 1. The van der Waals surface area contributed by atoms with Crippen LogP contribution in [0.3, 0.4) is 0 Å². The molecule has 0 saturated heterocycles. The first kappa shape index (κ1) is 23.5. The Morgan fingerprint density at radius 2 is 2.03 bits per heavy atom. The van der Waals surface area contributed by atoms with Gasteiger partial charge < -0.3 is 20.0 Å². The van der Waals surface area contributed by atoms with E-state index in [2.05, 4.69) is 36.2 Å². The molecule has 0 aromatic carbocycles. The molecule has 1 aliphatic rings. The molecule has 5 rings (SSSR count). The summed E-state index contributed by atoms with van der Waals surface area (Å²) in [6.45, 7) is 1.62. The molecule has 0 aliphatic heterocycles. The molecule has 1 amide bonds. The van der Waals surface area contributed by atoms with Crippen molar-refractivity contribution in [3.63, 3.8) is 0 Å². The fourth-order valence-electron chi connectivity index (χ4n) is 4.73. The monoisotopic (exact) mass is 492 g/mol. The lowest BCUT2D eigenvalue weighted by atomic mass is 9.87. The van der Waals surface area contributed by atoms with Crippen LogP contribution < -0.4 is 10.2 Å². The maximum absolute atomic E-state index is 13.1. The summed E-state index contributed by atoms with van der Waals surface area (Å²) in [7, 11) is 10.0. The predicted octanol–water partition coefficient (Wildman–Crippen LogP) is 3.27. The van der Waals surface area contributed by atoms with Crippen molar-refractivity contribution in [3.05, 3.63) is 41.3 Å². The number of fused-ring (bicyclic) bond motifs is 4. The largest absolute Gasteiger partial charge is 0.375 e. The molecule has 1 atom stereocenters. The van der Waals surface area contributed by atoms with Crippen LogP contribution in [0, 0.1) is 5.92 Å². The zero-order valence-corrected chi connectivity index (χ0v) is 21.8. The number of anilines is 3. The van der Waals surface area contributed by atoms with Crippen LogP contribution in [0.5, 0.6) is 0 Å². The predicted molar refractivity (Wildman–Crippen MR) is 142 cm³/mol. The van der Waals surface area contributed by atoms with Crippen LogP contribution in [0.1, 0.15) is 16.9 Å². The Morgan fingerprint density at radius 1 is 1.20 bits per heavy atom. The minimum Gasteiger partial charge on any atom is -0.375 e. The van der Waals surface area contributed by atoms with Gasteiger partial charge in [-0.05, 0) is 51.1 Å². The third-order valence-electron chi connectivity index (χ3n) is 6.70. The smallest absolute Gasteiger partial charge is 0.225 e. The SMILES string of the molecule is CN(C)CCN(C)C(=O)C1CCc2c(sc3ncnc(Nc4cc5ccnn5cc4N(C)C)c23)C1. The van der Waals surface area contributed by atoms with E-state index in [-0.39, 0.29) is 11.8 Å². The van der Waals surface area contributed by atoms with Crippen molar-refractivity contribution >= 4 is 50.2 Å². The number of carbonyl (C=O) groups is 1. The highest BCUT2D eigenvalue weighted by Crippen LogP contribution is 2.41. The summed E-state index contributed by atoms with van der Waals surface area (Å²) in [6.07, 6.45) is 7.91. The number of carbonyl (C=O) groups excluding carboxylic acids is 1. The van der Waals surface area contributed by atoms with Gasteiger partial charge in [-0.25, -0.2) is 14.5 Å². The molecule has 35 heavy (non-hydrogen) atoms. The highest BCUT2D eigenvalue weighted by atomic mass is 32.1. The maximum atomic E-state index is 13.1. The van der Waals surface area contributed by atoms with E-state index in [9.17, 15) is 4.79 Å². The first-order valence-electron chi connectivity index (χ1n) is 11.9. The molecule has 9 nitrogen and oxygen atoms in total. The molecule has 1 aliphatic carbocycles. The van der Waals surface area contributed by atoms with E-state index in [0.29, 0.717) is 0 Å². The number of rotatable bonds is 7. The molecular weight excluding hydrogens is 460 g/mol. The van der Waals surface area contributed by atoms with Gasteiger partial charge in [-0.2, -0.15) is 5.10 Å². The first-order valence-corrected chi connectivity index (χ1v) is 12.7. The van der Waals surface area contributed by atoms with Crippen LogP contribution in [0.4, 0.5) is 17.2 Å². The quantitative estimate of drug-likeness (QED) is 0.424. The molecule has 10 heteroatoms. The zero-order valence-electron chi connectivity index (χ0n) is 20.9. The third-order valence-corrected chi connectivity index (χ3v) is 7.86. The standard InChI is InChI=1S/C25H32N8OS/c1-30(2)10-11-32(5)25(34)16-6-7-18-21(12-16)35-24-22(18)23(26-15-27-24)29-19-13-17-8-9-28-33(17)14-20(19)31(3)4/h8-9,13-16H,6-7,10-12H2,1-5H3,(H,26,27,29). The van der Waals surface area contributed by atoms with Gasteiger partial charge in [0.25, 0.3) is 0 Å². The number of amides is 1. The summed E-state index contributed by atoms with van der Waals surface area (Å²) in [5.74, 6) is 1.08. The second-order valence-electron chi connectivity index (χ2n) is 9.70. The average molecular weight is 493 g/mol. The van der Waals surface area contributed by atoms with Gasteiger partial charge in [-0.1, -0.05) is 0 Å². The van der Waals surface area contributed by atoms with Crippen molar-refractivity contribution in [3.8, 4) is 0 Å². The first-order chi connectivity index (χ1) is 16.8. The Kier molecular flexibility index (Phi) is 6.33. The fourth-order valence-corrected chi connectivity index (χ4v) is 5.99. The van der Waals surface area contributed by atoms with E-state index in [1.807, 2.05) is 56.9 Å². The molecule has 0 spiro atoms. The Morgan fingerprint density at radius 3 is 2.80 bits per heavy atom. The summed E-state index contributed by atoms with van der Waals surface area (Å²) in [5.41, 5.74) is 4.28. The van der Waals surface area contributed by atoms with Crippen LogP contribution in [-0.4, -0.2) is 83.6 Å². The number of pyridine rings is 1. The molecule has 4 aromatic rings. The summed E-state index contributed by atoms with van der Waals surface area (Å²) in [5, 5.41) is 9.04. The van der Waals surface area contributed by atoms with Gasteiger partial charge in [0.2, 0.25) is 5.91 Å². The van der Waals surface area contributed by atoms with Crippen molar-refractivity contribution in [1.82, 2.24) is 29.4 Å². The average Bonchev–Trinajstić information content (AvgIpc) is 3.45. The molecule has 0 bridgehead atoms. The number of nitrogens with zero attached hydrogens (tertiary/aromatic N) is 7. The lowest BCUT2D eigenvalue weighted by molar-refractivity contribution is -0.134. The van der Waals surface area contributed by atoms with Gasteiger partial charge >= 0.3 is 0 Å². The lowest BCUT2D eigenvalue weighted by Crippen LogP contribution is -2.39. The molecule has 1 N–H and O–H groups in total. The topological polar surface area (TPSA) is 81.9 Å². The Balaban J connectivity index is 1.44. The lowest BCUT2D eigenvalue weighted by Gasteiger charge is -2.27. The number of aromatic nitrogens is 4. The second kappa shape index (κ2) is 9.43. The molecule has 0 radical (unpaired) electrons. The van der Waals surface area contributed by atoms with E-state index < -0.39 is 0 Å². The fraction of sp³-hybridized carbons (Fsp3) is 0.440. The van der Waals surface area contributed by atoms with Gasteiger partial charge in [0.15, 0.2) is 0 Å². The molecule has 4 aromatic heterocycles. The van der Waals surface area contributed by atoms with Crippen LogP contribution in [0.15, 0.2) is 30.9 Å². The summed E-state index contributed by atoms with van der Waals surface area (Å²) in [4.78, 5) is 30.6. The Labute approximate surface area is 209 Å². The van der Waals surface area contributed by atoms with Gasteiger partial charge in [0, 0.05) is 51.2 Å². The highest BCUT2D eigenvalue weighted by Gasteiger charge is 2.30. The van der Waals surface area contributed by atoms with Crippen molar-refractivity contribution in [1.29, 1.82) is 0 Å². The van der Waals surface area contributed by atoms with Crippen molar-refractivity contribution in [2.75, 3.05) is 58.5 Å². The van der Waals surface area contributed by atoms with Crippen LogP contribution in [0.2, 0.25) is 0 Å². The Hall–Kier alpha value is -3.24. The Bertz CT molecular complexity index is 1370. The van der Waals surface area contributed by atoms with E-state index in [0.717, 1.165) is 65.3 Å². The molecule has 4 heterocycles. The van der Waals surface area contributed by atoms with Crippen molar-refractivity contribution < 1.29 is 4.79 Å². The zero-order chi connectivity index (χ0) is 24.7. The number of thiophene rings is 1. The molecule has 1 unspecified atom stereocenters. The number of likely N-dealkylation sites (N-methyl/N-ethyl adjacent to an activating group) is 2. The van der Waals surface area contributed by atoms with Gasteiger partial charge in [-0.3, -0.25) is 4.79 Å². The minimum absolute atomic E-state index is 0.0247. The summed E-state index contributed by atoms with van der Waals surface area (Å²) >= 11 is 1.70. The van der Waals surface area contributed by atoms with E-state index >= 15 is 0 Å². The van der Waals surface area contributed by atoms with Crippen LogP contribution >= 0.6 is 11.3 Å². The number of aryl methyl sites for hydroxylation is 1. The summed E-state index contributed by atoms with van der Waals surface area (Å²) in [6, 6.07) is 4.08. The minimum atomic E-state index is 0.0247. The van der Waals surface area contributed by atoms with E-state index in [1.54, 1.807) is 23.9 Å². The second-order valence-corrected chi connectivity index (χ2v) is 10.8.